The maximum Gasteiger partial charge on any atom is 0.404 e. The molecule has 0 aliphatic carbocycles. The molecule has 0 saturated heterocycles. The predicted molar refractivity (Wildman–Crippen MR) is 122 cm³/mol. The van der Waals surface area contributed by atoms with Gasteiger partial charge in [0.1, 0.15) is 4.85 Å². The van der Waals surface area contributed by atoms with Gasteiger partial charge in [0.15, 0.2) is 54.2 Å². The van der Waals surface area contributed by atoms with Crippen molar-refractivity contribution in [3.63, 3.8) is 0 Å². The zero-order valence-electron chi connectivity index (χ0n) is 17.8. The zero-order valence-corrected chi connectivity index (χ0v) is 25.1. The molecule has 0 rings (SSSR count). The number of carbonyl (C=O) groups is 1. The van der Waals surface area contributed by atoms with Crippen LogP contribution in [0.15, 0.2) is 0 Å². The van der Waals surface area contributed by atoms with Crippen LogP contribution in [-0.4, -0.2) is 65.2 Å². The Morgan fingerprint density at radius 2 is 1.20 bits per heavy atom. The Bertz CT molecular complexity index is 414. The number of hydrogen-bond acceptors (Lipinski definition) is 5. The Morgan fingerprint density at radius 1 is 0.840 bits per heavy atom. The first-order valence-corrected chi connectivity index (χ1v) is 23.0. The molecule has 0 aromatic rings. The van der Waals surface area contributed by atoms with Crippen LogP contribution in [0.25, 0.3) is 0 Å². The van der Waals surface area contributed by atoms with Crippen molar-refractivity contribution in [1.29, 1.82) is 0 Å². The molecule has 1 unspecified atom stereocenters. The summed E-state index contributed by atoms with van der Waals surface area (Å²) in [4.78, 5) is 11.1. The van der Waals surface area contributed by atoms with Crippen molar-refractivity contribution >= 4 is 60.3 Å². The number of ether oxygens (including phenoxy) is 1. The average molecular weight is 458 g/mol. The topological polar surface area (TPSA) is 80.0 Å². The number of hydrogen-bond donors (Lipinski definition) is 1. The van der Waals surface area contributed by atoms with Gasteiger partial charge in [0.25, 0.3) is 0 Å². The summed E-state index contributed by atoms with van der Waals surface area (Å²) in [7, 11) is -8.17. The van der Waals surface area contributed by atoms with E-state index in [0.29, 0.717) is 0 Å². The van der Waals surface area contributed by atoms with Gasteiger partial charge < -0.3 is 22.8 Å². The number of rotatable bonds is 11. The highest BCUT2D eigenvalue weighted by Crippen LogP contribution is 2.28. The molecule has 12 heteroatoms. The fourth-order valence-electron chi connectivity index (χ4n) is 1.89. The van der Waals surface area contributed by atoms with Crippen LogP contribution >= 0.6 is 0 Å². The average Bonchev–Trinajstić information content (AvgIpc) is 2.36. The van der Waals surface area contributed by atoms with Gasteiger partial charge >= 0.3 is 6.09 Å². The Hall–Kier alpha value is 0.451. The Labute approximate surface area is 164 Å². The normalized spacial score (nSPS) is 18.5. The van der Waals surface area contributed by atoms with E-state index in [1.54, 1.807) is 0 Å². The molecule has 1 amide bonds. The number of carbonyl (C=O) groups excluding carboxylic acids is 1. The highest BCUT2D eigenvalue weighted by atomic mass is 28.4. The lowest BCUT2D eigenvalue weighted by Gasteiger charge is -2.40. The molecule has 0 aliphatic rings. The summed E-state index contributed by atoms with van der Waals surface area (Å²) in [5, 5.41) is 0. The molecule has 0 saturated carbocycles. The minimum Gasteiger partial charge on any atom is -0.460 e. The molecule has 2 N–H and O–H groups in total. The van der Waals surface area contributed by atoms with Crippen molar-refractivity contribution in [3.05, 3.63) is 0 Å². The maximum absolute atomic E-state index is 11.7. The first kappa shape index (κ1) is 25.5. The summed E-state index contributed by atoms with van der Waals surface area (Å²) in [6, 6.07) is 0. The molecular weight excluding hydrogens is 419 g/mol. The molecule has 0 radical (unpaired) electrons. The minimum atomic E-state index is -1.71. The molecule has 0 aromatic carbocycles. The van der Waals surface area contributed by atoms with Crippen molar-refractivity contribution in [3.8, 4) is 0 Å². The second-order valence-electron chi connectivity index (χ2n) is 9.61. The number of primary amides is 1. The monoisotopic (exact) mass is 457 g/mol. The highest BCUT2D eigenvalue weighted by Gasteiger charge is 2.44. The van der Waals surface area contributed by atoms with E-state index in [1.807, 2.05) is 0 Å². The van der Waals surface area contributed by atoms with Gasteiger partial charge in [-0.15, -0.1) is 0 Å². The van der Waals surface area contributed by atoms with Crippen molar-refractivity contribution in [2.24, 2.45) is 5.73 Å². The standard InChI is InChI=1S/C13H39NO5Si6/c1-11(20-17-23(2,3)4)13(16-12(14)15,21-18-24(5,6)7)22-19-25(8,9)10/h11H,20-22H2,1-10H3,(H2,14,15). The van der Waals surface area contributed by atoms with E-state index in [-0.39, 0.29) is 5.54 Å². The van der Waals surface area contributed by atoms with Crippen LogP contribution in [0.2, 0.25) is 64.5 Å². The van der Waals surface area contributed by atoms with E-state index in [9.17, 15) is 4.79 Å². The second-order valence-corrected chi connectivity index (χ2v) is 31.3. The SMILES string of the molecule is CC([SiH2]O[Si](C)(C)C)C(OC(N)=O)([SiH2]O[Si](C)(C)C)[SiH2]O[Si](C)(C)C. The first-order valence-electron chi connectivity index (χ1n) is 8.86. The van der Waals surface area contributed by atoms with Crippen LogP contribution in [0.4, 0.5) is 4.79 Å². The lowest BCUT2D eigenvalue weighted by atomic mass is 10.5. The van der Waals surface area contributed by atoms with Gasteiger partial charge in [-0.05, 0) is 58.9 Å². The van der Waals surface area contributed by atoms with E-state index < -0.39 is 65.2 Å². The molecule has 6 nitrogen and oxygen atoms in total. The summed E-state index contributed by atoms with van der Waals surface area (Å²) >= 11 is 0. The zero-order chi connectivity index (χ0) is 20.1. The molecule has 0 spiro atoms. The van der Waals surface area contributed by atoms with Crippen molar-refractivity contribution < 1.29 is 21.9 Å². The van der Waals surface area contributed by atoms with Crippen LogP contribution in [0.3, 0.4) is 0 Å². The van der Waals surface area contributed by atoms with Crippen LogP contribution in [0, 0.1) is 0 Å². The lowest BCUT2D eigenvalue weighted by Crippen LogP contribution is -2.58. The molecular formula is C13H39NO5Si6. The van der Waals surface area contributed by atoms with Gasteiger partial charge in [0.05, 0.1) is 0 Å². The maximum atomic E-state index is 11.7. The number of amides is 1. The highest BCUT2D eigenvalue weighted by molar-refractivity contribution is 6.79. The Kier molecular flexibility index (Phi) is 9.76. The minimum absolute atomic E-state index is 0.165. The van der Waals surface area contributed by atoms with Crippen LogP contribution in [-0.2, 0) is 17.1 Å². The summed E-state index contributed by atoms with van der Waals surface area (Å²) < 4.78 is 24.6. The lowest BCUT2D eigenvalue weighted by molar-refractivity contribution is 0.106. The van der Waals surface area contributed by atoms with Crippen molar-refractivity contribution in [1.82, 2.24) is 0 Å². The Balaban J connectivity index is 5.51. The molecule has 1 atom stereocenters. The summed E-state index contributed by atoms with van der Waals surface area (Å²) in [6.07, 6.45) is -0.716. The van der Waals surface area contributed by atoms with E-state index in [1.165, 1.54) is 0 Å². The predicted octanol–water partition coefficient (Wildman–Crippen LogP) is 1.35. The first-order chi connectivity index (χ1) is 11.0. The molecule has 150 valence electrons. The van der Waals surface area contributed by atoms with E-state index >= 15 is 0 Å². The second kappa shape index (κ2) is 9.59. The van der Waals surface area contributed by atoms with Crippen molar-refractivity contribution in [2.45, 2.75) is 76.2 Å². The van der Waals surface area contributed by atoms with Gasteiger partial charge in [-0.3, -0.25) is 0 Å². The smallest absolute Gasteiger partial charge is 0.404 e. The van der Waals surface area contributed by atoms with Gasteiger partial charge in [-0.25, -0.2) is 4.79 Å². The van der Waals surface area contributed by atoms with Gasteiger partial charge in [-0.2, -0.15) is 0 Å². The largest absolute Gasteiger partial charge is 0.460 e. The summed E-state index contributed by atoms with van der Waals surface area (Å²) in [5.74, 6) is 0. The Morgan fingerprint density at radius 3 is 1.48 bits per heavy atom. The quantitative estimate of drug-likeness (QED) is 0.474. The summed E-state index contributed by atoms with van der Waals surface area (Å²) in [5.41, 5.74) is 5.62. The van der Waals surface area contributed by atoms with E-state index in [0.717, 1.165) is 0 Å². The van der Waals surface area contributed by atoms with Crippen molar-refractivity contribution in [2.75, 3.05) is 0 Å². The fraction of sp³-hybridized carbons (Fsp3) is 0.923. The van der Waals surface area contributed by atoms with Gasteiger partial charge in [0.2, 0.25) is 0 Å². The number of nitrogens with two attached hydrogens (primary N) is 1. The third-order valence-corrected chi connectivity index (χ3v) is 22.0. The third-order valence-electron chi connectivity index (χ3n) is 3.47. The summed E-state index contributed by atoms with van der Waals surface area (Å²) in [6.45, 7) is 21.7. The molecule has 0 aromatic heterocycles. The van der Waals surface area contributed by atoms with E-state index in [4.69, 9.17) is 22.8 Å². The van der Waals surface area contributed by atoms with Gasteiger partial charge in [-0.1, -0.05) is 6.92 Å². The van der Waals surface area contributed by atoms with E-state index in [2.05, 4.69) is 65.8 Å². The van der Waals surface area contributed by atoms with Gasteiger partial charge in [0, 0.05) is 5.54 Å². The molecule has 0 bridgehead atoms. The van der Waals surface area contributed by atoms with Crippen LogP contribution in [0.1, 0.15) is 6.92 Å². The molecule has 0 aliphatic heterocycles. The fourth-order valence-corrected chi connectivity index (χ4v) is 15.3. The molecule has 25 heavy (non-hydrogen) atoms. The van der Waals surface area contributed by atoms with Crippen LogP contribution in [0.5, 0.6) is 0 Å². The van der Waals surface area contributed by atoms with Crippen LogP contribution < -0.4 is 5.73 Å². The molecule has 0 fully saturated rings. The molecule has 0 heterocycles. The third kappa shape index (κ3) is 12.5.